The third-order valence-electron chi connectivity index (χ3n) is 1.97. The molecule has 0 unspecified atom stereocenters. The minimum absolute atomic E-state index is 0.0151. The van der Waals surface area contributed by atoms with Gasteiger partial charge < -0.3 is 5.32 Å². The Balaban J connectivity index is 2.89. The summed E-state index contributed by atoms with van der Waals surface area (Å²) < 4.78 is 26.6. The van der Waals surface area contributed by atoms with Gasteiger partial charge in [-0.15, -0.1) is 0 Å². The molecule has 0 aliphatic rings. The Morgan fingerprint density at radius 3 is 2.50 bits per heavy atom. The minimum atomic E-state index is -0.534. The Hall–Kier alpha value is -1.12. The SMILES string of the molecule is Cc1ccc(F)c(NCC(C)C)c1F. The second-order valence-electron chi connectivity index (χ2n) is 3.83. The summed E-state index contributed by atoms with van der Waals surface area (Å²) in [7, 11) is 0. The third kappa shape index (κ3) is 2.44. The van der Waals surface area contributed by atoms with Gasteiger partial charge in [0.15, 0.2) is 5.82 Å². The van der Waals surface area contributed by atoms with E-state index in [0.29, 0.717) is 18.0 Å². The summed E-state index contributed by atoms with van der Waals surface area (Å²) in [6.45, 7) is 6.16. The van der Waals surface area contributed by atoms with Crippen LogP contribution in [0.25, 0.3) is 0 Å². The number of hydrogen-bond donors (Lipinski definition) is 1. The number of halogens is 2. The van der Waals surface area contributed by atoms with Crippen molar-refractivity contribution in [2.75, 3.05) is 11.9 Å². The molecule has 1 nitrogen and oxygen atoms in total. The standard InChI is InChI=1S/C11H15F2N/c1-7(2)6-14-11-9(12)5-4-8(3)10(11)13/h4-5,7,14H,6H2,1-3H3. The largest absolute Gasteiger partial charge is 0.380 e. The number of anilines is 1. The summed E-state index contributed by atoms with van der Waals surface area (Å²) >= 11 is 0. The molecule has 0 aromatic heterocycles. The van der Waals surface area contributed by atoms with Crippen molar-refractivity contribution in [1.29, 1.82) is 0 Å². The van der Waals surface area contributed by atoms with E-state index in [4.69, 9.17) is 0 Å². The average molecular weight is 199 g/mol. The number of aryl methyl sites for hydroxylation is 1. The highest BCUT2D eigenvalue weighted by molar-refractivity contribution is 5.48. The van der Waals surface area contributed by atoms with E-state index in [9.17, 15) is 8.78 Å². The van der Waals surface area contributed by atoms with Gasteiger partial charge in [-0.1, -0.05) is 19.9 Å². The lowest BCUT2D eigenvalue weighted by Crippen LogP contribution is -2.11. The van der Waals surface area contributed by atoms with Crippen LogP contribution in [0.1, 0.15) is 19.4 Å². The number of benzene rings is 1. The van der Waals surface area contributed by atoms with Crippen LogP contribution in [0.5, 0.6) is 0 Å². The average Bonchev–Trinajstić information content (AvgIpc) is 2.11. The normalized spacial score (nSPS) is 10.7. The molecule has 1 aromatic rings. The van der Waals surface area contributed by atoms with Crippen LogP contribution in [0.3, 0.4) is 0 Å². The zero-order valence-corrected chi connectivity index (χ0v) is 8.70. The van der Waals surface area contributed by atoms with E-state index in [2.05, 4.69) is 5.32 Å². The quantitative estimate of drug-likeness (QED) is 0.787. The van der Waals surface area contributed by atoms with Crippen molar-refractivity contribution in [3.8, 4) is 0 Å². The Morgan fingerprint density at radius 2 is 1.93 bits per heavy atom. The maximum absolute atomic E-state index is 13.4. The molecule has 78 valence electrons. The predicted molar refractivity (Wildman–Crippen MR) is 54.4 cm³/mol. The highest BCUT2D eigenvalue weighted by atomic mass is 19.1. The maximum atomic E-state index is 13.4. The number of rotatable bonds is 3. The van der Waals surface area contributed by atoms with E-state index in [0.717, 1.165) is 0 Å². The van der Waals surface area contributed by atoms with Crippen molar-refractivity contribution in [2.45, 2.75) is 20.8 Å². The lowest BCUT2D eigenvalue weighted by molar-refractivity contribution is 0.577. The van der Waals surface area contributed by atoms with E-state index in [1.807, 2.05) is 13.8 Å². The minimum Gasteiger partial charge on any atom is -0.380 e. The fraction of sp³-hybridized carbons (Fsp3) is 0.455. The molecule has 1 N–H and O–H groups in total. The summed E-state index contributed by atoms with van der Waals surface area (Å²) in [5.41, 5.74) is 0.441. The van der Waals surface area contributed by atoms with Gasteiger partial charge in [0.05, 0.1) is 0 Å². The molecule has 0 aliphatic heterocycles. The van der Waals surface area contributed by atoms with Crippen LogP contribution in [0.15, 0.2) is 12.1 Å². The first-order chi connectivity index (χ1) is 6.52. The van der Waals surface area contributed by atoms with Crippen LogP contribution < -0.4 is 5.32 Å². The summed E-state index contributed by atoms with van der Waals surface area (Å²) in [4.78, 5) is 0. The first-order valence-electron chi connectivity index (χ1n) is 4.71. The second kappa shape index (κ2) is 4.40. The van der Waals surface area contributed by atoms with Gasteiger partial charge >= 0.3 is 0 Å². The molecule has 3 heteroatoms. The van der Waals surface area contributed by atoms with Crippen molar-refractivity contribution in [1.82, 2.24) is 0 Å². The Labute approximate surface area is 83.1 Å². The molecular weight excluding hydrogens is 184 g/mol. The Kier molecular flexibility index (Phi) is 3.44. The molecule has 0 aliphatic carbocycles. The summed E-state index contributed by atoms with van der Waals surface area (Å²) in [5, 5.41) is 2.77. The Morgan fingerprint density at radius 1 is 1.29 bits per heavy atom. The molecule has 0 fully saturated rings. The first-order valence-corrected chi connectivity index (χ1v) is 4.71. The molecule has 0 amide bonds. The van der Waals surface area contributed by atoms with Crippen molar-refractivity contribution >= 4 is 5.69 Å². The summed E-state index contributed by atoms with van der Waals surface area (Å²) in [6, 6.07) is 2.71. The molecule has 0 radical (unpaired) electrons. The molecule has 0 atom stereocenters. The smallest absolute Gasteiger partial charge is 0.152 e. The summed E-state index contributed by atoms with van der Waals surface area (Å²) in [5.74, 6) is -0.672. The zero-order valence-electron chi connectivity index (χ0n) is 8.70. The highest BCUT2D eigenvalue weighted by Gasteiger charge is 2.10. The monoisotopic (exact) mass is 199 g/mol. The van der Waals surface area contributed by atoms with E-state index >= 15 is 0 Å². The second-order valence-corrected chi connectivity index (χ2v) is 3.83. The lowest BCUT2D eigenvalue weighted by atomic mass is 10.1. The summed E-state index contributed by atoms with van der Waals surface area (Å²) in [6.07, 6.45) is 0. The molecule has 0 saturated carbocycles. The van der Waals surface area contributed by atoms with Crippen LogP contribution in [-0.2, 0) is 0 Å². The van der Waals surface area contributed by atoms with Gasteiger partial charge in [0.25, 0.3) is 0 Å². The van der Waals surface area contributed by atoms with Crippen molar-refractivity contribution in [3.05, 3.63) is 29.3 Å². The molecular formula is C11H15F2N. The van der Waals surface area contributed by atoms with E-state index < -0.39 is 11.6 Å². The molecule has 1 aromatic carbocycles. The van der Waals surface area contributed by atoms with Gasteiger partial charge in [-0.3, -0.25) is 0 Å². The molecule has 1 rings (SSSR count). The fourth-order valence-corrected chi connectivity index (χ4v) is 1.12. The molecule has 0 heterocycles. The molecule has 0 spiro atoms. The number of hydrogen-bond acceptors (Lipinski definition) is 1. The van der Waals surface area contributed by atoms with Gasteiger partial charge in [0.1, 0.15) is 11.5 Å². The maximum Gasteiger partial charge on any atom is 0.152 e. The van der Waals surface area contributed by atoms with E-state index in [1.54, 1.807) is 6.92 Å². The van der Waals surface area contributed by atoms with Crippen LogP contribution in [0, 0.1) is 24.5 Å². The molecule has 14 heavy (non-hydrogen) atoms. The van der Waals surface area contributed by atoms with E-state index in [1.165, 1.54) is 12.1 Å². The van der Waals surface area contributed by atoms with Gasteiger partial charge in [-0.05, 0) is 24.5 Å². The molecule has 0 bridgehead atoms. The third-order valence-corrected chi connectivity index (χ3v) is 1.97. The fourth-order valence-electron chi connectivity index (χ4n) is 1.12. The van der Waals surface area contributed by atoms with Gasteiger partial charge in [-0.2, -0.15) is 0 Å². The topological polar surface area (TPSA) is 12.0 Å². The lowest BCUT2D eigenvalue weighted by Gasteiger charge is -2.11. The van der Waals surface area contributed by atoms with Crippen LogP contribution >= 0.6 is 0 Å². The highest BCUT2D eigenvalue weighted by Crippen LogP contribution is 2.21. The number of nitrogens with one attached hydrogen (secondary N) is 1. The van der Waals surface area contributed by atoms with Gasteiger partial charge in [0.2, 0.25) is 0 Å². The van der Waals surface area contributed by atoms with Crippen LogP contribution in [-0.4, -0.2) is 6.54 Å². The van der Waals surface area contributed by atoms with Gasteiger partial charge in [0, 0.05) is 6.54 Å². The predicted octanol–water partition coefficient (Wildman–Crippen LogP) is 3.34. The zero-order chi connectivity index (χ0) is 10.7. The van der Waals surface area contributed by atoms with E-state index in [-0.39, 0.29) is 5.69 Å². The van der Waals surface area contributed by atoms with Crippen molar-refractivity contribution in [2.24, 2.45) is 5.92 Å². The van der Waals surface area contributed by atoms with Gasteiger partial charge in [-0.25, -0.2) is 8.78 Å². The molecule has 0 saturated heterocycles. The van der Waals surface area contributed by atoms with Crippen molar-refractivity contribution in [3.63, 3.8) is 0 Å². The van der Waals surface area contributed by atoms with Crippen LogP contribution in [0.4, 0.5) is 14.5 Å². The van der Waals surface area contributed by atoms with Crippen molar-refractivity contribution < 1.29 is 8.78 Å². The Bertz CT molecular complexity index is 321. The van der Waals surface area contributed by atoms with Crippen LogP contribution in [0.2, 0.25) is 0 Å². The first kappa shape index (κ1) is 11.0.